The van der Waals surface area contributed by atoms with E-state index >= 15 is 0 Å². The molecule has 0 aliphatic rings. The zero-order valence-electron chi connectivity index (χ0n) is 17.2. The number of hydrogen-bond donors (Lipinski definition) is 2. The normalized spacial score (nSPS) is 12.3. The van der Waals surface area contributed by atoms with Gasteiger partial charge in [-0.25, -0.2) is 8.42 Å². The van der Waals surface area contributed by atoms with Gasteiger partial charge in [0.25, 0.3) is 21.6 Å². The molecule has 0 saturated heterocycles. The highest BCUT2D eigenvalue weighted by Crippen LogP contribution is 2.25. The molecule has 9 nitrogen and oxygen atoms in total. The molecule has 0 saturated carbocycles. The second-order valence-corrected chi connectivity index (χ2v) is 8.91. The van der Waals surface area contributed by atoms with Crippen molar-refractivity contribution in [3.63, 3.8) is 0 Å². The van der Waals surface area contributed by atoms with Crippen molar-refractivity contribution in [2.24, 2.45) is 5.92 Å². The van der Waals surface area contributed by atoms with E-state index in [2.05, 4.69) is 10.0 Å². The summed E-state index contributed by atoms with van der Waals surface area (Å²) >= 11 is 0. The zero-order chi connectivity index (χ0) is 22.5. The first kappa shape index (κ1) is 23.1. The maximum absolute atomic E-state index is 12.6. The molecule has 2 N–H and O–H groups in total. The molecule has 0 radical (unpaired) electrons. The van der Waals surface area contributed by atoms with Gasteiger partial charge in [-0.05, 0) is 49.6 Å². The van der Waals surface area contributed by atoms with Crippen LogP contribution in [0.5, 0.6) is 5.75 Å². The van der Waals surface area contributed by atoms with Crippen molar-refractivity contribution in [1.29, 1.82) is 0 Å². The molecular weight excluding hydrogens is 410 g/mol. The molecule has 1 atom stereocenters. The predicted molar refractivity (Wildman–Crippen MR) is 113 cm³/mol. The first-order chi connectivity index (χ1) is 14.0. The van der Waals surface area contributed by atoms with Crippen molar-refractivity contribution in [1.82, 2.24) is 5.32 Å². The molecule has 0 aromatic heterocycles. The summed E-state index contributed by atoms with van der Waals surface area (Å²) in [6, 6.07) is 9.51. The standard InChI is InChI=1S/C20H25N3O6S/c1-13(2)12-21-20(24)15(4)29-17-7-9-18(10-8-17)30(27,28)22-19-11-16(23(25)26)6-5-14(19)3/h5-11,13,15,22H,12H2,1-4H3,(H,21,24)/t15-/m1/s1. The average Bonchev–Trinajstić information content (AvgIpc) is 2.67. The SMILES string of the molecule is Cc1ccc([N+](=O)[O-])cc1NS(=O)(=O)c1ccc(O[C@H](C)C(=O)NCC(C)C)cc1. The Bertz CT molecular complexity index is 1020. The molecule has 1 amide bonds. The Hall–Kier alpha value is -3.14. The highest BCUT2D eigenvalue weighted by molar-refractivity contribution is 7.92. The number of rotatable bonds is 9. The summed E-state index contributed by atoms with van der Waals surface area (Å²) in [6.07, 6.45) is -0.739. The molecule has 0 aliphatic carbocycles. The predicted octanol–water partition coefficient (Wildman–Crippen LogP) is 3.24. The van der Waals surface area contributed by atoms with Gasteiger partial charge in [-0.2, -0.15) is 0 Å². The monoisotopic (exact) mass is 435 g/mol. The number of non-ortho nitro benzene ring substituents is 1. The Kier molecular flexibility index (Phi) is 7.38. The molecule has 0 bridgehead atoms. The van der Waals surface area contributed by atoms with E-state index in [0.29, 0.717) is 23.8 Å². The topological polar surface area (TPSA) is 128 Å². The van der Waals surface area contributed by atoms with E-state index in [1.54, 1.807) is 13.8 Å². The van der Waals surface area contributed by atoms with Gasteiger partial charge >= 0.3 is 0 Å². The van der Waals surface area contributed by atoms with E-state index < -0.39 is 21.1 Å². The van der Waals surface area contributed by atoms with Gasteiger partial charge in [0.1, 0.15) is 5.75 Å². The smallest absolute Gasteiger partial charge is 0.271 e. The second-order valence-electron chi connectivity index (χ2n) is 7.23. The van der Waals surface area contributed by atoms with Crippen molar-refractivity contribution in [3.8, 4) is 5.75 Å². The minimum Gasteiger partial charge on any atom is -0.481 e. The number of carbonyl (C=O) groups is 1. The number of amides is 1. The number of nitro benzene ring substituents is 1. The van der Waals surface area contributed by atoms with Gasteiger partial charge in [0.05, 0.1) is 15.5 Å². The van der Waals surface area contributed by atoms with Gasteiger partial charge in [0.15, 0.2) is 6.10 Å². The van der Waals surface area contributed by atoms with Gasteiger partial charge in [-0.3, -0.25) is 19.6 Å². The fourth-order valence-corrected chi connectivity index (χ4v) is 3.56. The van der Waals surface area contributed by atoms with Crippen molar-refractivity contribution < 1.29 is 22.9 Å². The summed E-state index contributed by atoms with van der Waals surface area (Å²) in [6.45, 7) is 7.74. The Morgan fingerprint density at radius 2 is 1.77 bits per heavy atom. The largest absolute Gasteiger partial charge is 0.481 e. The van der Waals surface area contributed by atoms with Crippen LogP contribution in [0.3, 0.4) is 0 Å². The van der Waals surface area contributed by atoms with E-state index in [4.69, 9.17) is 4.74 Å². The Morgan fingerprint density at radius 3 is 2.33 bits per heavy atom. The third-order valence-electron chi connectivity index (χ3n) is 4.18. The molecule has 0 fully saturated rings. The Balaban J connectivity index is 2.11. The summed E-state index contributed by atoms with van der Waals surface area (Å²) in [5, 5.41) is 13.7. The number of carbonyl (C=O) groups excluding carboxylic acids is 1. The van der Waals surface area contributed by atoms with Crippen LogP contribution in [0.2, 0.25) is 0 Å². The molecule has 30 heavy (non-hydrogen) atoms. The van der Waals surface area contributed by atoms with Gasteiger partial charge in [-0.15, -0.1) is 0 Å². The molecular formula is C20H25N3O6S. The summed E-state index contributed by atoms with van der Waals surface area (Å²) in [4.78, 5) is 22.3. The molecule has 10 heteroatoms. The number of nitrogens with zero attached hydrogens (tertiary/aromatic N) is 1. The van der Waals surface area contributed by atoms with Crippen LogP contribution in [0, 0.1) is 23.0 Å². The van der Waals surface area contributed by atoms with Crippen molar-refractivity contribution in [2.75, 3.05) is 11.3 Å². The summed E-state index contributed by atoms with van der Waals surface area (Å²) in [5.74, 6) is 0.392. The van der Waals surface area contributed by atoms with E-state index in [0.717, 1.165) is 0 Å². The van der Waals surface area contributed by atoms with Crippen LogP contribution >= 0.6 is 0 Å². The van der Waals surface area contributed by atoms with Gasteiger partial charge in [-0.1, -0.05) is 19.9 Å². The van der Waals surface area contributed by atoms with Crippen LogP contribution < -0.4 is 14.8 Å². The molecule has 162 valence electrons. The van der Waals surface area contributed by atoms with Crippen molar-refractivity contribution in [3.05, 3.63) is 58.1 Å². The van der Waals surface area contributed by atoms with Crippen LogP contribution in [-0.4, -0.2) is 31.9 Å². The number of ether oxygens (including phenoxy) is 1. The third-order valence-corrected chi connectivity index (χ3v) is 5.56. The number of anilines is 1. The zero-order valence-corrected chi connectivity index (χ0v) is 18.0. The number of aryl methyl sites for hydroxylation is 1. The minimum atomic E-state index is -3.97. The number of nitro groups is 1. The van der Waals surface area contributed by atoms with Crippen LogP contribution in [0.25, 0.3) is 0 Å². The summed E-state index contributed by atoms with van der Waals surface area (Å²) in [7, 11) is -3.97. The van der Waals surface area contributed by atoms with Gasteiger partial charge in [0, 0.05) is 18.7 Å². The number of nitrogens with one attached hydrogen (secondary N) is 2. The molecule has 0 aliphatic heterocycles. The Labute approximate surface area is 175 Å². The molecule has 2 aromatic carbocycles. The van der Waals surface area contributed by atoms with Crippen LogP contribution in [0.1, 0.15) is 26.3 Å². The number of benzene rings is 2. The summed E-state index contributed by atoms with van der Waals surface area (Å²) < 4.78 is 33.2. The third kappa shape index (κ3) is 6.18. The van der Waals surface area contributed by atoms with E-state index in [1.165, 1.54) is 42.5 Å². The quantitative estimate of drug-likeness (QED) is 0.460. The first-order valence-electron chi connectivity index (χ1n) is 9.32. The lowest BCUT2D eigenvalue weighted by Gasteiger charge is -2.16. The summed E-state index contributed by atoms with van der Waals surface area (Å²) in [5.41, 5.74) is 0.456. The van der Waals surface area contributed by atoms with E-state index in [-0.39, 0.29) is 22.2 Å². The highest BCUT2D eigenvalue weighted by Gasteiger charge is 2.19. The first-order valence-corrected chi connectivity index (χ1v) is 10.8. The molecule has 2 aromatic rings. The molecule has 2 rings (SSSR count). The number of hydrogen-bond acceptors (Lipinski definition) is 6. The lowest BCUT2D eigenvalue weighted by atomic mass is 10.2. The molecule has 0 heterocycles. The lowest BCUT2D eigenvalue weighted by Crippen LogP contribution is -2.38. The number of sulfonamides is 1. The average molecular weight is 436 g/mol. The van der Waals surface area contributed by atoms with Crippen LogP contribution in [-0.2, 0) is 14.8 Å². The van der Waals surface area contributed by atoms with E-state index in [9.17, 15) is 23.3 Å². The molecule has 0 spiro atoms. The van der Waals surface area contributed by atoms with Gasteiger partial charge in [0.2, 0.25) is 0 Å². The second kappa shape index (κ2) is 9.57. The van der Waals surface area contributed by atoms with Gasteiger partial charge < -0.3 is 10.1 Å². The Morgan fingerprint density at radius 1 is 1.13 bits per heavy atom. The van der Waals surface area contributed by atoms with Crippen molar-refractivity contribution in [2.45, 2.75) is 38.7 Å². The molecule has 0 unspecified atom stereocenters. The van der Waals surface area contributed by atoms with Crippen LogP contribution in [0.4, 0.5) is 11.4 Å². The fourth-order valence-electron chi connectivity index (χ4n) is 2.44. The van der Waals surface area contributed by atoms with E-state index in [1.807, 2.05) is 13.8 Å². The fraction of sp³-hybridized carbons (Fsp3) is 0.350. The maximum Gasteiger partial charge on any atom is 0.271 e. The maximum atomic E-state index is 12.6. The lowest BCUT2D eigenvalue weighted by molar-refractivity contribution is -0.384. The van der Waals surface area contributed by atoms with Crippen LogP contribution in [0.15, 0.2) is 47.4 Å². The minimum absolute atomic E-state index is 0.0438. The van der Waals surface area contributed by atoms with Crippen molar-refractivity contribution >= 4 is 27.3 Å². The highest BCUT2D eigenvalue weighted by atomic mass is 32.2.